The summed E-state index contributed by atoms with van der Waals surface area (Å²) in [7, 11) is 0. The predicted octanol–water partition coefficient (Wildman–Crippen LogP) is 1.94. The molecule has 138 valence electrons. The number of rotatable bonds is 4. The highest BCUT2D eigenvalue weighted by atomic mass is 16.5. The molecule has 7 nitrogen and oxygen atoms in total. The number of aromatic hydroxyl groups is 1. The van der Waals surface area contributed by atoms with Gasteiger partial charge < -0.3 is 19.5 Å². The van der Waals surface area contributed by atoms with Gasteiger partial charge in [-0.1, -0.05) is 6.92 Å². The van der Waals surface area contributed by atoms with E-state index in [4.69, 9.17) is 4.74 Å². The summed E-state index contributed by atoms with van der Waals surface area (Å²) in [5, 5.41) is 19.9. The first kappa shape index (κ1) is 17.2. The van der Waals surface area contributed by atoms with Crippen LogP contribution in [0.5, 0.6) is 5.75 Å². The molecule has 0 radical (unpaired) electrons. The Morgan fingerprint density at radius 1 is 1.30 bits per heavy atom. The molecule has 0 fully saturated rings. The lowest BCUT2D eigenvalue weighted by atomic mass is 10.1. The molecule has 0 saturated heterocycles. The van der Waals surface area contributed by atoms with Gasteiger partial charge in [0.2, 0.25) is 0 Å². The smallest absolute Gasteiger partial charge is 0.335 e. The number of phenols is 1. The molecule has 1 aromatic carbocycles. The number of fused-ring (bicyclic) bond motifs is 4. The zero-order valence-electron chi connectivity index (χ0n) is 14.7. The molecule has 0 bridgehead atoms. The zero-order valence-corrected chi connectivity index (χ0v) is 14.7. The highest BCUT2D eigenvalue weighted by Crippen LogP contribution is 2.32. The molecule has 0 amide bonds. The standard InChI is InChI=1S/C20H18N2O5/c1-2-17(24)20(26)27-10-11-3-6-16-18-13(9-22(16)19(11)25)7-12-8-14(23)4-5-15(12)21-18/h3-8,17,23-24H,2,9-10H2,1H3/t17-/m1/s1. The number of aliphatic hydroxyl groups excluding tert-OH is 1. The molecular weight excluding hydrogens is 348 g/mol. The van der Waals surface area contributed by atoms with Gasteiger partial charge >= 0.3 is 5.97 Å². The lowest BCUT2D eigenvalue weighted by molar-refractivity contribution is -0.155. The average Bonchev–Trinajstić information content (AvgIpc) is 3.03. The van der Waals surface area contributed by atoms with Crippen LogP contribution in [0.1, 0.15) is 24.5 Å². The third kappa shape index (κ3) is 2.96. The Labute approximate surface area is 154 Å². The number of pyridine rings is 2. The second kappa shape index (κ2) is 6.51. The van der Waals surface area contributed by atoms with Gasteiger partial charge in [0.1, 0.15) is 12.4 Å². The summed E-state index contributed by atoms with van der Waals surface area (Å²) < 4.78 is 6.62. The maximum absolute atomic E-state index is 12.8. The molecule has 3 aromatic rings. The van der Waals surface area contributed by atoms with E-state index in [1.165, 1.54) is 0 Å². The van der Waals surface area contributed by atoms with Crippen molar-refractivity contribution in [2.24, 2.45) is 0 Å². The van der Waals surface area contributed by atoms with Gasteiger partial charge in [0.15, 0.2) is 6.10 Å². The number of aliphatic hydroxyl groups is 1. The van der Waals surface area contributed by atoms with Crippen molar-refractivity contribution in [1.82, 2.24) is 9.55 Å². The highest BCUT2D eigenvalue weighted by molar-refractivity contribution is 5.85. The van der Waals surface area contributed by atoms with Crippen LogP contribution in [-0.4, -0.2) is 31.8 Å². The number of hydrogen-bond donors (Lipinski definition) is 2. The van der Waals surface area contributed by atoms with Crippen molar-refractivity contribution >= 4 is 16.9 Å². The van der Waals surface area contributed by atoms with Gasteiger partial charge in [0.05, 0.1) is 29.0 Å². The van der Waals surface area contributed by atoms with Crippen LogP contribution >= 0.6 is 0 Å². The minimum Gasteiger partial charge on any atom is -0.508 e. The molecule has 1 aliphatic rings. The van der Waals surface area contributed by atoms with Crippen molar-refractivity contribution in [1.29, 1.82) is 0 Å². The Bertz CT molecular complexity index is 1120. The van der Waals surface area contributed by atoms with Crippen LogP contribution in [0.25, 0.3) is 22.3 Å². The third-order valence-corrected chi connectivity index (χ3v) is 4.73. The van der Waals surface area contributed by atoms with Crippen LogP contribution in [0.15, 0.2) is 41.2 Å². The zero-order chi connectivity index (χ0) is 19.1. The molecular formula is C20H18N2O5. The average molecular weight is 366 g/mol. The number of carbonyl (C=O) groups is 1. The van der Waals surface area contributed by atoms with E-state index >= 15 is 0 Å². The Kier molecular flexibility index (Phi) is 4.16. The maximum Gasteiger partial charge on any atom is 0.335 e. The number of carbonyl (C=O) groups excluding carboxylic acids is 1. The van der Waals surface area contributed by atoms with Crippen molar-refractivity contribution in [3.63, 3.8) is 0 Å². The molecule has 1 aliphatic heterocycles. The first-order valence-electron chi connectivity index (χ1n) is 8.68. The number of benzene rings is 1. The number of ether oxygens (including phenoxy) is 1. The van der Waals surface area contributed by atoms with Crippen molar-refractivity contribution in [3.8, 4) is 17.1 Å². The summed E-state index contributed by atoms with van der Waals surface area (Å²) in [4.78, 5) is 29.0. The second-order valence-electron chi connectivity index (χ2n) is 6.54. The Morgan fingerprint density at radius 3 is 2.89 bits per heavy atom. The number of aromatic nitrogens is 2. The van der Waals surface area contributed by atoms with Crippen molar-refractivity contribution in [2.75, 3.05) is 0 Å². The van der Waals surface area contributed by atoms with Crippen LogP contribution < -0.4 is 5.56 Å². The molecule has 2 N–H and O–H groups in total. The van der Waals surface area contributed by atoms with E-state index < -0.39 is 12.1 Å². The first-order valence-corrected chi connectivity index (χ1v) is 8.68. The first-order chi connectivity index (χ1) is 13.0. The molecule has 0 saturated carbocycles. The summed E-state index contributed by atoms with van der Waals surface area (Å²) in [5.41, 5.74) is 3.14. The molecule has 0 aliphatic carbocycles. The second-order valence-corrected chi connectivity index (χ2v) is 6.54. The van der Waals surface area contributed by atoms with Crippen LogP contribution in [0.4, 0.5) is 0 Å². The molecule has 7 heteroatoms. The summed E-state index contributed by atoms with van der Waals surface area (Å²) >= 11 is 0. The summed E-state index contributed by atoms with van der Waals surface area (Å²) in [6.45, 7) is 1.85. The molecule has 4 rings (SSSR count). The minimum atomic E-state index is -1.18. The fourth-order valence-corrected chi connectivity index (χ4v) is 3.23. The lowest BCUT2D eigenvalue weighted by Gasteiger charge is -2.10. The largest absolute Gasteiger partial charge is 0.508 e. The van der Waals surface area contributed by atoms with E-state index in [1.54, 1.807) is 41.8 Å². The van der Waals surface area contributed by atoms with Crippen molar-refractivity contribution in [3.05, 3.63) is 57.9 Å². The molecule has 0 unspecified atom stereocenters. The van der Waals surface area contributed by atoms with Crippen molar-refractivity contribution in [2.45, 2.75) is 32.6 Å². The fourth-order valence-electron chi connectivity index (χ4n) is 3.23. The summed E-state index contributed by atoms with van der Waals surface area (Å²) in [6.07, 6.45) is -0.925. The maximum atomic E-state index is 12.8. The van der Waals surface area contributed by atoms with Gasteiger partial charge in [-0.15, -0.1) is 0 Å². The molecule has 1 atom stereocenters. The van der Waals surface area contributed by atoms with E-state index in [1.807, 2.05) is 6.07 Å². The monoisotopic (exact) mass is 366 g/mol. The quantitative estimate of drug-likeness (QED) is 0.535. The normalized spacial score (nSPS) is 13.3. The molecule has 0 spiro atoms. The van der Waals surface area contributed by atoms with Crippen LogP contribution in [0.3, 0.4) is 0 Å². The lowest BCUT2D eigenvalue weighted by Crippen LogP contribution is -2.26. The molecule has 27 heavy (non-hydrogen) atoms. The van der Waals surface area contributed by atoms with Gasteiger partial charge in [0.25, 0.3) is 5.56 Å². The van der Waals surface area contributed by atoms with Gasteiger partial charge in [-0.2, -0.15) is 0 Å². The van der Waals surface area contributed by atoms with Crippen LogP contribution in [0, 0.1) is 0 Å². The summed E-state index contributed by atoms with van der Waals surface area (Å²) in [5.74, 6) is -0.575. The van der Waals surface area contributed by atoms with Crippen LogP contribution in [0.2, 0.25) is 0 Å². The van der Waals surface area contributed by atoms with Gasteiger partial charge in [-0.25, -0.2) is 9.78 Å². The number of nitrogens with zero attached hydrogens (tertiary/aromatic N) is 2. The minimum absolute atomic E-state index is 0.162. The van der Waals surface area contributed by atoms with E-state index in [9.17, 15) is 19.8 Å². The summed E-state index contributed by atoms with van der Waals surface area (Å²) in [6, 6.07) is 10.3. The van der Waals surface area contributed by atoms with Crippen molar-refractivity contribution < 1.29 is 19.7 Å². The van der Waals surface area contributed by atoms with Gasteiger partial charge in [0, 0.05) is 10.9 Å². The van der Waals surface area contributed by atoms with E-state index in [0.29, 0.717) is 17.8 Å². The van der Waals surface area contributed by atoms with Gasteiger partial charge in [-0.3, -0.25) is 4.79 Å². The number of phenolic OH excluding ortho intramolecular Hbond substituents is 1. The Morgan fingerprint density at radius 2 is 2.11 bits per heavy atom. The van der Waals surface area contributed by atoms with E-state index in [-0.39, 0.29) is 24.3 Å². The topological polar surface area (TPSA) is 102 Å². The van der Waals surface area contributed by atoms with Crippen LogP contribution in [-0.2, 0) is 22.7 Å². The SMILES string of the molecule is CC[C@@H](O)C(=O)OCc1ccc2n(c1=O)Cc1cc3cc(O)ccc3nc1-2. The Hall–Kier alpha value is -3.19. The molecule has 3 heterocycles. The third-order valence-electron chi connectivity index (χ3n) is 4.73. The highest BCUT2D eigenvalue weighted by Gasteiger charge is 2.23. The Balaban J connectivity index is 1.67. The van der Waals surface area contributed by atoms with E-state index in [0.717, 1.165) is 22.2 Å². The number of hydrogen-bond acceptors (Lipinski definition) is 6. The fraction of sp³-hybridized carbons (Fsp3) is 0.250. The molecule has 2 aromatic heterocycles. The van der Waals surface area contributed by atoms with Gasteiger partial charge in [-0.05, 0) is 42.8 Å². The number of esters is 1. The van der Waals surface area contributed by atoms with E-state index in [2.05, 4.69) is 4.98 Å². The predicted molar refractivity (Wildman–Crippen MR) is 98.3 cm³/mol.